The average Bonchev–Trinajstić information content (AvgIpc) is 2.29. The van der Waals surface area contributed by atoms with Crippen LogP contribution in [0.25, 0.3) is 5.57 Å². The molecular formula is C13H15NO2. The highest BCUT2D eigenvalue weighted by Gasteiger charge is 2.10. The summed E-state index contributed by atoms with van der Waals surface area (Å²) in [6.45, 7) is 3.80. The summed E-state index contributed by atoms with van der Waals surface area (Å²) in [5.41, 5.74) is 2.34. The SMILES string of the molecule is COc1ccc(OC)c(C(C#N)=C(C)C)c1. The third kappa shape index (κ3) is 2.34. The summed E-state index contributed by atoms with van der Waals surface area (Å²) in [6, 6.07) is 7.61. The van der Waals surface area contributed by atoms with Gasteiger partial charge in [0.05, 0.1) is 25.9 Å². The highest BCUT2D eigenvalue weighted by Crippen LogP contribution is 2.31. The van der Waals surface area contributed by atoms with E-state index in [4.69, 9.17) is 14.7 Å². The van der Waals surface area contributed by atoms with Crippen LogP contribution in [0.15, 0.2) is 23.8 Å². The fourth-order valence-corrected chi connectivity index (χ4v) is 1.45. The lowest BCUT2D eigenvalue weighted by molar-refractivity contribution is 0.402. The van der Waals surface area contributed by atoms with Crippen LogP contribution >= 0.6 is 0 Å². The molecule has 1 aromatic rings. The molecule has 0 saturated carbocycles. The van der Waals surface area contributed by atoms with Gasteiger partial charge in [-0.1, -0.05) is 5.57 Å². The number of allylic oxidation sites excluding steroid dienone is 2. The second-order valence-corrected chi connectivity index (χ2v) is 3.55. The van der Waals surface area contributed by atoms with E-state index in [0.717, 1.165) is 11.1 Å². The molecule has 3 heteroatoms. The molecule has 0 radical (unpaired) electrons. The number of nitriles is 1. The second-order valence-electron chi connectivity index (χ2n) is 3.55. The van der Waals surface area contributed by atoms with Crippen LogP contribution in [0.4, 0.5) is 0 Å². The van der Waals surface area contributed by atoms with Crippen molar-refractivity contribution in [2.75, 3.05) is 14.2 Å². The molecule has 0 saturated heterocycles. The molecule has 0 aliphatic carbocycles. The summed E-state index contributed by atoms with van der Waals surface area (Å²) in [5.74, 6) is 1.39. The highest BCUT2D eigenvalue weighted by molar-refractivity contribution is 5.82. The van der Waals surface area contributed by atoms with Crippen LogP contribution < -0.4 is 9.47 Å². The van der Waals surface area contributed by atoms with E-state index in [-0.39, 0.29) is 0 Å². The zero-order valence-electron chi connectivity index (χ0n) is 10.00. The van der Waals surface area contributed by atoms with E-state index in [0.29, 0.717) is 17.1 Å². The topological polar surface area (TPSA) is 42.2 Å². The van der Waals surface area contributed by atoms with Gasteiger partial charge >= 0.3 is 0 Å². The van der Waals surface area contributed by atoms with Gasteiger partial charge in [-0.15, -0.1) is 0 Å². The fraction of sp³-hybridized carbons (Fsp3) is 0.308. The monoisotopic (exact) mass is 217 g/mol. The van der Waals surface area contributed by atoms with Crippen molar-refractivity contribution in [3.05, 3.63) is 29.3 Å². The van der Waals surface area contributed by atoms with Crippen LogP contribution in [0.1, 0.15) is 19.4 Å². The summed E-state index contributed by atoms with van der Waals surface area (Å²) < 4.78 is 10.4. The van der Waals surface area contributed by atoms with Crippen molar-refractivity contribution in [2.24, 2.45) is 0 Å². The molecule has 0 aliphatic heterocycles. The normalized spacial score (nSPS) is 9.19. The smallest absolute Gasteiger partial charge is 0.127 e. The minimum atomic E-state index is 0.621. The predicted molar refractivity (Wildman–Crippen MR) is 63.4 cm³/mol. The molecule has 3 nitrogen and oxygen atoms in total. The Kier molecular flexibility index (Phi) is 3.96. The molecule has 0 aromatic heterocycles. The maximum atomic E-state index is 9.13. The van der Waals surface area contributed by atoms with Gasteiger partial charge in [-0.25, -0.2) is 0 Å². The molecule has 1 aromatic carbocycles. The first-order valence-electron chi connectivity index (χ1n) is 4.94. The Morgan fingerprint density at radius 3 is 2.31 bits per heavy atom. The van der Waals surface area contributed by atoms with Gasteiger partial charge in [-0.3, -0.25) is 0 Å². The summed E-state index contributed by atoms with van der Waals surface area (Å²) in [4.78, 5) is 0. The molecule has 0 amide bonds. The number of ether oxygens (including phenoxy) is 2. The van der Waals surface area contributed by atoms with Crippen molar-refractivity contribution in [3.63, 3.8) is 0 Å². The van der Waals surface area contributed by atoms with Crippen molar-refractivity contribution >= 4 is 5.57 Å². The molecule has 0 heterocycles. The standard InChI is InChI=1S/C13H15NO2/c1-9(2)12(8-14)11-7-10(15-3)5-6-13(11)16-4/h5-7H,1-4H3. The Morgan fingerprint density at radius 1 is 1.19 bits per heavy atom. The second kappa shape index (κ2) is 5.22. The molecule has 0 fully saturated rings. The van der Waals surface area contributed by atoms with E-state index >= 15 is 0 Å². The molecule has 84 valence electrons. The van der Waals surface area contributed by atoms with Crippen LogP contribution in [0, 0.1) is 11.3 Å². The van der Waals surface area contributed by atoms with Crippen molar-refractivity contribution in [1.29, 1.82) is 5.26 Å². The van der Waals surface area contributed by atoms with Gasteiger partial charge in [0.15, 0.2) is 0 Å². The third-order valence-corrected chi connectivity index (χ3v) is 2.29. The molecule has 16 heavy (non-hydrogen) atoms. The van der Waals surface area contributed by atoms with Gasteiger partial charge < -0.3 is 9.47 Å². The summed E-state index contributed by atoms with van der Waals surface area (Å²) in [5, 5.41) is 9.13. The molecule has 0 atom stereocenters. The zero-order valence-corrected chi connectivity index (χ0v) is 10.00. The lowest BCUT2D eigenvalue weighted by Gasteiger charge is -2.10. The van der Waals surface area contributed by atoms with Gasteiger partial charge in [0.25, 0.3) is 0 Å². The molecular weight excluding hydrogens is 202 g/mol. The molecule has 1 rings (SSSR count). The van der Waals surface area contributed by atoms with Crippen LogP contribution in [-0.4, -0.2) is 14.2 Å². The average molecular weight is 217 g/mol. The lowest BCUT2D eigenvalue weighted by atomic mass is 10.0. The number of rotatable bonds is 3. The predicted octanol–water partition coefficient (Wildman–Crippen LogP) is 3.02. The molecule has 0 aliphatic rings. The number of hydrogen-bond donors (Lipinski definition) is 0. The zero-order chi connectivity index (χ0) is 12.1. The van der Waals surface area contributed by atoms with E-state index in [2.05, 4.69) is 6.07 Å². The third-order valence-electron chi connectivity index (χ3n) is 2.29. The lowest BCUT2D eigenvalue weighted by Crippen LogP contribution is -1.93. The minimum Gasteiger partial charge on any atom is -0.497 e. The number of methoxy groups -OCH3 is 2. The molecule has 0 spiro atoms. The summed E-state index contributed by atoms with van der Waals surface area (Å²) in [6.07, 6.45) is 0. The quantitative estimate of drug-likeness (QED) is 0.731. The van der Waals surface area contributed by atoms with Gasteiger partial charge in [-0.05, 0) is 32.0 Å². The van der Waals surface area contributed by atoms with Crippen molar-refractivity contribution in [1.82, 2.24) is 0 Å². The first-order chi connectivity index (χ1) is 7.63. The van der Waals surface area contributed by atoms with Crippen LogP contribution in [0.5, 0.6) is 11.5 Å². The van der Waals surface area contributed by atoms with E-state index in [9.17, 15) is 0 Å². The number of benzene rings is 1. The molecule has 0 bridgehead atoms. The van der Waals surface area contributed by atoms with E-state index in [1.54, 1.807) is 20.3 Å². The number of hydrogen-bond acceptors (Lipinski definition) is 3. The van der Waals surface area contributed by atoms with Crippen LogP contribution in [-0.2, 0) is 0 Å². The molecule has 0 N–H and O–H groups in total. The van der Waals surface area contributed by atoms with Crippen molar-refractivity contribution < 1.29 is 9.47 Å². The van der Waals surface area contributed by atoms with Gasteiger partial charge in [0.2, 0.25) is 0 Å². The van der Waals surface area contributed by atoms with Crippen molar-refractivity contribution in [3.8, 4) is 17.6 Å². The summed E-state index contributed by atoms with van der Waals surface area (Å²) >= 11 is 0. The van der Waals surface area contributed by atoms with Gasteiger partial charge in [-0.2, -0.15) is 5.26 Å². The Balaban J connectivity index is 3.41. The Hall–Kier alpha value is -1.95. The van der Waals surface area contributed by atoms with Gasteiger partial charge in [0, 0.05) is 5.56 Å². The Bertz CT molecular complexity index is 451. The fourth-order valence-electron chi connectivity index (χ4n) is 1.45. The maximum Gasteiger partial charge on any atom is 0.127 e. The van der Waals surface area contributed by atoms with Gasteiger partial charge in [0.1, 0.15) is 11.5 Å². The first-order valence-corrected chi connectivity index (χ1v) is 4.94. The largest absolute Gasteiger partial charge is 0.497 e. The Labute approximate surface area is 95.9 Å². The first kappa shape index (κ1) is 12.1. The van der Waals surface area contributed by atoms with Crippen molar-refractivity contribution in [2.45, 2.75) is 13.8 Å². The highest BCUT2D eigenvalue weighted by atomic mass is 16.5. The van der Waals surface area contributed by atoms with Crippen LogP contribution in [0.2, 0.25) is 0 Å². The van der Waals surface area contributed by atoms with Crippen LogP contribution in [0.3, 0.4) is 0 Å². The summed E-state index contributed by atoms with van der Waals surface area (Å²) in [7, 11) is 3.19. The van der Waals surface area contributed by atoms with E-state index < -0.39 is 0 Å². The molecule has 0 unspecified atom stereocenters. The number of nitrogens with zero attached hydrogens (tertiary/aromatic N) is 1. The van der Waals surface area contributed by atoms with E-state index in [1.165, 1.54) is 0 Å². The minimum absolute atomic E-state index is 0.621. The Morgan fingerprint density at radius 2 is 1.88 bits per heavy atom. The van der Waals surface area contributed by atoms with E-state index in [1.807, 2.05) is 26.0 Å². The maximum absolute atomic E-state index is 9.13.